The van der Waals surface area contributed by atoms with E-state index in [0.717, 1.165) is 32.4 Å². The standard InChI is InChI=1S/C15H32N2O/c1-6-11-17(13(4)5)15(18)8-7-14(9-10-16)12(2)3/h12-14H,6-11,16H2,1-5H3. The molecular weight excluding hydrogens is 224 g/mol. The minimum absolute atomic E-state index is 0.300. The van der Waals surface area contributed by atoms with Gasteiger partial charge in [0.15, 0.2) is 0 Å². The number of hydrogen-bond donors (Lipinski definition) is 1. The molecule has 0 aliphatic heterocycles. The molecule has 1 amide bonds. The first-order valence-electron chi connectivity index (χ1n) is 7.43. The van der Waals surface area contributed by atoms with E-state index in [0.29, 0.717) is 30.2 Å². The molecule has 0 aliphatic rings. The number of amides is 1. The fraction of sp³-hybridized carbons (Fsp3) is 0.933. The second kappa shape index (κ2) is 9.37. The van der Waals surface area contributed by atoms with Crippen LogP contribution in [0.4, 0.5) is 0 Å². The number of nitrogens with zero attached hydrogens (tertiary/aromatic N) is 1. The van der Waals surface area contributed by atoms with Crippen molar-refractivity contribution in [2.45, 2.75) is 66.3 Å². The van der Waals surface area contributed by atoms with Crippen LogP contribution in [0.25, 0.3) is 0 Å². The number of hydrogen-bond acceptors (Lipinski definition) is 2. The lowest BCUT2D eigenvalue weighted by molar-refractivity contribution is -0.133. The maximum absolute atomic E-state index is 12.2. The topological polar surface area (TPSA) is 46.3 Å². The summed E-state index contributed by atoms with van der Waals surface area (Å²) in [6.45, 7) is 12.3. The molecule has 0 bridgehead atoms. The van der Waals surface area contributed by atoms with E-state index >= 15 is 0 Å². The largest absolute Gasteiger partial charge is 0.340 e. The lowest BCUT2D eigenvalue weighted by Crippen LogP contribution is -2.37. The van der Waals surface area contributed by atoms with E-state index < -0.39 is 0 Å². The van der Waals surface area contributed by atoms with Gasteiger partial charge in [-0.05, 0) is 51.5 Å². The van der Waals surface area contributed by atoms with Crippen LogP contribution in [0.1, 0.15) is 60.3 Å². The van der Waals surface area contributed by atoms with Gasteiger partial charge in [-0.25, -0.2) is 0 Å². The average Bonchev–Trinajstić information content (AvgIpc) is 2.30. The number of carbonyl (C=O) groups is 1. The van der Waals surface area contributed by atoms with Gasteiger partial charge in [-0.3, -0.25) is 4.79 Å². The molecule has 0 aromatic rings. The van der Waals surface area contributed by atoms with Crippen LogP contribution in [0, 0.1) is 11.8 Å². The molecule has 0 saturated carbocycles. The highest BCUT2D eigenvalue weighted by atomic mass is 16.2. The Bertz CT molecular complexity index is 227. The van der Waals surface area contributed by atoms with Crippen molar-refractivity contribution in [3.63, 3.8) is 0 Å². The first-order chi connectivity index (χ1) is 8.43. The second-order valence-corrected chi connectivity index (χ2v) is 5.80. The minimum atomic E-state index is 0.300. The molecule has 0 radical (unpaired) electrons. The van der Waals surface area contributed by atoms with Crippen LogP contribution in [0.3, 0.4) is 0 Å². The Morgan fingerprint density at radius 2 is 1.78 bits per heavy atom. The smallest absolute Gasteiger partial charge is 0.222 e. The molecule has 0 saturated heterocycles. The Kier molecular flexibility index (Phi) is 9.08. The van der Waals surface area contributed by atoms with Crippen LogP contribution in [0.15, 0.2) is 0 Å². The number of nitrogens with two attached hydrogens (primary N) is 1. The van der Waals surface area contributed by atoms with Gasteiger partial charge in [0.05, 0.1) is 0 Å². The van der Waals surface area contributed by atoms with Crippen LogP contribution in [-0.4, -0.2) is 29.9 Å². The van der Waals surface area contributed by atoms with E-state index in [4.69, 9.17) is 5.73 Å². The fourth-order valence-corrected chi connectivity index (χ4v) is 2.39. The van der Waals surface area contributed by atoms with Crippen molar-refractivity contribution in [1.29, 1.82) is 0 Å². The van der Waals surface area contributed by atoms with E-state index in [1.54, 1.807) is 0 Å². The predicted molar refractivity (Wildman–Crippen MR) is 78.4 cm³/mol. The van der Waals surface area contributed by atoms with Gasteiger partial charge in [-0.15, -0.1) is 0 Å². The highest BCUT2D eigenvalue weighted by Gasteiger charge is 2.19. The van der Waals surface area contributed by atoms with Crippen molar-refractivity contribution in [3.8, 4) is 0 Å². The molecule has 0 aliphatic carbocycles. The summed E-state index contributed by atoms with van der Waals surface area (Å²) in [5, 5.41) is 0. The fourth-order valence-electron chi connectivity index (χ4n) is 2.39. The van der Waals surface area contributed by atoms with Crippen LogP contribution in [0.5, 0.6) is 0 Å². The van der Waals surface area contributed by atoms with E-state index in [2.05, 4.69) is 34.6 Å². The van der Waals surface area contributed by atoms with Crippen LogP contribution < -0.4 is 5.73 Å². The maximum atomic E-state index is 12.2. The zero-order valence-corrected chi connectivity index (χ0v) is 12.9. The predicted octanol–water partition coefficient (Wildman–Crippen LogP) is 3.03. The summed E-state index contributed by atoms with van der Waals surface area (Å²) < 4.78 is 0. The summed E-state index contributed by atoms with van der Waals surface area (Å²) in [6, 6.07) is 0.310. The average molecular weight is 256 g/mol. The molecule has 0 fully saturated rings. The van der Waals surface area contributed by atoms with E-state index in [1.807, 2.05) is 4.90 Å². The maximum Gasteiger partial charge on any atom is 0.222 e. The Morgan fingerprint density at radius 1 is 1.17 bits per heavy atom. The van der Waals surface area contributed by atoms with Crippen molar-refractivity contribution < 1.29 is 4.79 Å². The van der Waals surface area contributed by atoms with Gasteiger partial charge < -0.3 is 10.6 Å². The van der Waals surface area contributed by atoms with Gasteiger partial charge in [0.1, 0.15) is 0 Å². The van der Waals surface area contributed by atoms with Crippen LogP contribution in [0.2, 0.25) is 0 Å². The summed E-state index contributed by atoms with van der Waals surface area (Å²) in [5.41, 5.74) is 5.63. The summed E-state index contributed by atoms with van der Waals surface area (Å²) in [7, 11) is 0. The third-order valence-electron chi connectivity index (χ3n) is 3.62. The zero-order chi connectivity index (χ0) is 14.1. The van der Waals surface area contributed by atoms with Gasteiger partial charge in [0.25, 0.3) is 0 Å². The number of carbonyl (C=O) groups excluding carboxylic acids is 1. The molecule has 0 aromatic heterocycles. The third-order valence-corrected chi connectivity index (χ3v) is 3.62. The molecule has 3 nitrogen and oxygen atoms in total. The summed E-state index contributed by atoms with van der Waals surface area (Å²) in [6.07, 6.45) is 3.70. The first-order valence-corrected chi connectivity index (χ1v) is 7.43. The molecule has 0 heterocycles. The van der Waals surface area contributed by atoms with Crippen molar-refractivity contribution in [2.24, 2.45) is 17.6 Å². The monoisotopic (exact) mass is 256 g/mol. The minimum Gasteiger partial charge on any atom is -0.340 e. The Labute approximate surface area is 113 Å². The van der Waals surface area contributed by atoms with Gasteiger partial charge in [-0.2, -0.15) is 0 Å². The van der Waals surface area contributed by atoms with E-state index in [1.165, 1.54) is 0 Å². The molecule has 1 unspecified atom stereocenters. The summed E-state index contributed by atoms with van der Waals surface area (Å²) >= 11 is 0. The van der Waals surface area contributed by atoms with E-state index in [9.17, 15) is 4.79 Å². The van der Waals surface area contributed by atoms with Crippen molar-refractivity contribution >= 4 is 5.91 Å². The van der Waals surface area contributed by atoms with Gasteiger partial charge in [0, 0.05) is 19.0 Å². The highest BCUT2D eigenvalue weighted by Crippen LogP contribution is 2.21. The molecule has 1 atom stereocenters. The molecule has 108 valence electrons. The quantitative estimate of drug-likeness (QED) is 0.689. The molecule has 0 aromatic carbocycles. The SMILES string of the molecule is CCCN(C(=O)CCC(CCN)C(C)C)C(C)C. The van der Waals surface area contributed by atoms with Gasteiger partial charge in [-0.1, -0.05) is 20.8 Å². The third kappa shape index (κ3) is 6.39. The van der Waals surface area contributed by atoms with Crippen molar-refractivity contribution in [2.75, 3.05) is 13.1 Å². The van der Waals surface area contributed by atoms with E-state index in [-0.39, 0.29) is 0 Å². The molecular formula is C15H32N2O. The Balaban J connectivity index is 4.27. The zero-order valence-electron chi connectivity index (χ0n) is 12.9. The Hall–Kier alpha value is -0.570. The van der Waals surface area contributed by atoms with Crippen LogP contribution >= 0.6 is 0 Å². The molecule has 18 heavy (non-hydrogen) atoms. The highest BCUT2D eigenvalue weighted by molar-refractivity contribution is 5.76. The lowest BCUT2D eigenvalue weighted by atomic mass is 9.88. The Morgan fingerprint density at radius 3 is 2.17 bits per heavy atom. The lowest BCUT2D eigenvalue weighted by Gasteiger charge is -2.28. The summed E-state index contributed by atoms with van der Waals surface area (Å²) in [4.78, 5) is 14.2. The summed E-state index contributed by atoms with van der Waals surface area (Å²) in [5.74, 6) is 1.49. The molecule has 0 rings (SSSR count). The van der Waals surface area contributed by atoms with Gasteiger partial charge >= 0.3 is 0 Å². The normalized spacial score (nSPS) is 13.1. The molecule has 3 heteroatoms. The van der Waals surface area contributed by atoms with Crippen molar-refractivity contribution in [3.05, 3.63) is 0 Å². The van der Waals surface area contributed by atoms with Crippen molar-refractivity contribution in [1.82, 2.24) is 4.90 Å². The second-order valence-electron chi connectivity index (χ2n) is 5.80. The molecule has 0 spiro atoms. The van der Waals surface area contributed by atoms with Gasteiger partial charge in [0.2, 0.25) is 5.91 Å². The molecule has 2 N–H and O–H groups in total. The first kappa shape index (κ1) is 17.4. The van der Waals surface area contributed by atoms with Crippen LogP contribution in [-0.2, 0) is 4.79 Å². The number of rotatable bonds is 9.